The Morgan fingerprint density at radius 2 is 2.11 bits per heavy atom. The molecule has 1 aliphatic rings. The van der Waals surface area contributed by atoms with E-state index in [4.69, 9.17) is 25.8 Å². The number of carbonyl (C=O) groups excluding carboxylic acids is 1. The van der Waals surface area contributed by atoms with Crippen LogP contribution in [0.15, 0.2) is 24.3 Å². The molecular formula is C14H17ClO4. The summed E-state index contributed by atoms with van der Waals surface area (Å²) in [5.74, 6) is -0.536. The highest BCUT2D eigenvalue weighted by molar-refractivity contribution is 6.17. The quantitative estimate of drug-likeness (QED) is 0.630. The van der Waals surface area contributed by atoms with Gasteiger partial charge in [0.05, 0.1) is 12.2 Å². The zero-order chi connectivity index (χ0) is 13.9. The third-order valence-corrected chi connectivity index (χ3v) is 3.12. The molecule has 1 aromatic carbocycles. The van der Waals surface area contributed by atoms with Crippen molar-refractivity contribution in [2.24, 2.45) is 0 Å². The van der Waals surface area contributed by atoms with Crippen molar-refractivity contribution in [3.05, 3.63) is 35.4 Å². The van der Waals surface area contributed by atoms with Gasteiger partial charge < -0.3 is 14.2 Å². The van der Waals surface area contributed by atoms with Crippen LogP contribution in [0.1, 0.15) is 29.8 Å². The van der Waals surface area contributed by atoms with Gasteiger partial charge in [-0.1, -0.05) is 12.1 Å². The van der Waals surface area contributed by atoms with Gasteiger partial charge in [0.1, 0.15) is 12.7 Å². The van der Waals surface area contributed by atoms with E-state index in [1.165, 1.54) is 0 Å². The maximum absolute atomic E-state index is 11.8. The minimum atomic E-state index is -0.598. The first-order valence-corrected chi connectivity index (χ1v) is 6.67. The number of benzene rings is 1. The minimum Gasteiger partial charge on any atom is -0.459 e. The lowest BCUT2D eigenvalue weighted by atomic mass is 10.1. The summed E-state index contributed by atoms with van der Waals surface area (Å²) in [4.78, 5) is 11.8. The molecule has 19 heavy (non-hydrogen) atoms. The summed E-state index contributed by atoms with van der Waals surface area (Å²) in [6.45, 7) is 4.30. The Morgan fingerprint density at radius 1 is 1.42 bits per heavy atom. The number of hydrogen-bond donors (Lipinski definition) is 0. The Hall–Kier alpha value is -1.10. The molecule has 1 unspecified atom stereocenters. The summed E-state index contributed by atoms with van der Waals surface area (Å²) in [5.41, 5.74) is 1.47. The lowest BCUT2D eigenvalue weighted by Gasteiger charge is -2.17. The van der Waals surface area contributed by atoms with Gasteiger partial charge in [0.2, 0.25) is 0 Å². The second-order valence-electron chi connectivity index (χ2n) is 4.88. The summed E-state index contributed by atoms with van der Waals surface area (Å²) in [6, 6.07) is 7.02. The van der Waals surface area contributed by atoms with Crippen molar-refractivity contribution >= 4 is 17.6 Å². The average molecular weight is 285 g/mol. The molecule has 1 atom stereocenters. The topological polar surface area (TPSA) is 44.8 Å². The Balaban J connectivity index is 1.84. The molecule has 0 radical (unpaired) electrons. The normalized spacial score (nSPS) is 21.3. The van der Waals surface area contributed by atoms with Gasteiger partial charge in [0.25, 0.3) is 0 Å². The maximum atomic E-state index is 11.8. The standard InChI is InChI=1S/C14H17ClO4/c1-14(2)18-9-12(19-14)8-17-13(16)11-5-3-10(7-15)4-6-11/h3-6,12H,7-9H2,1-2H3. The highest BCUT2D eigenvalue weighted by Gasteiger charge is 2.33. The van der Waals surface area contributed by atoms with Crippen molar-refractivity contribution in [3.8, 4) is 0 Å². The summed E-state index contributed by atoms with van der Waals surface area (Å²) in [7, 11) is 0. The van der Waals surface area contributed by atoms with Crippen LogP contribution in [0, 0.1) is 0 Å². The Bertz CT molecular complexity index is 441. The molecule has 0 aliphatic carbocycles. The summed E-state index contributed by atoms with van der Waals surface area (Å²) in [6.07, 6.45) is -0.207. The molecule has 1 heterocycles. The molecule has 0 bridgehead atoms. The monoisotopic (exact) mass is 284 g/mol. The third-order valence-electron chi connectivity index (χ3n) is 2.81. The van der Waals surface area contributed by atoms with Crippen LogP contribution >= 0.6 is 11.6 Å². The third kappa shape index (κ3) is 3.93. The highest BCUT2D eigenvalue weighted by Crippen LogP contribution is 2.22. The lowest BCUT2D eigenvalue weighted by molar-refractivity contribution is -0.142. The van der Waals surface area contributed by atoms with E-state index in [2.05, 4.69) is 0 Å². The summed E-state index contributed by atoms with van der Waals surface area (Å²) < 4.78 is 16.1. The van der Waals surface area contributed by atoms with Crippen LogP contribution in [0.3, 0.4) is 0 Å². The van der Waals surface area contributed by atoms with Gasteiger partial charge >= 0.3 is 5.97 Å². The fraction of sp³-hybridized carbons (Fsp3) is 0.500. The smallest absolute Gasteiger partial charge is 0.338 e. The molecule has 4 nitrogen and oxygen atoms in total. The van der Waals surface area contributed by atoms with Crippen molar-refractivity contribution in [1.82, 2.24) is 0 Å². The molecule has 0 N–H and O–H groups in total. The number of rotatable bonds is 4. The molecule has 0 saturated carbocycles. The predicted molar refractivity (Wildman–Crippen MR) is 71.2 cm³/mol. The Labute approximate surface area is 117 Å². The van der Waals surface area contributed by atoms with E-state index >= 15 is 0 Å². The maximum Gasteiger partial charge on any atom is 0.338 e. The zero-order valence-electron chi connectivity index (χ0n) is 11.0. The van der Waals surface area contributed by atoms with E-state index in [1.54, 1.807) is 12.1 Å². The molecule has 1 aromatic rings. The molecule has 104 valence electrons. The molecule has 1 aliphatic heterocycles. The largest absolute Gasteiger partial charge is 0.459 e. The van der Waals surface area contributed by atoms with Gasteiger partial charge in [0.15, 0.2) is 5.79 Å². The predicted octanol–water partition coefficient (Wildman–Crippen LogP) is 2.73. The van der Waals surface area contributed by atoms with Crippen LogP contribution in [0.2, 0.25) is 0 Å². The average Bonchev–Trinajstić information content (AvgIpc) is 2.76. The van der Waals surface area contributed by atoms with Gasteiger partial charge in [-0.15, -0.1) is 11.6 Å². The first-order chi connectivity index (χ1) is 9.00. The van der Waals surface area contributed by atoms with E-state index in [9.17, 15) is 4.79 Å². The summed E-state index contributed by atoms with van der Waals surface area (Å²) >= 11 is 5.69. The fourth-order valence-corrected chi connectivity index (χ4v) is 2.01. The fourth-order valence-electron chi connectivity index (χ4n) is 1.83. The van der Waals surface area contributed by atoms with Crippen molar-refractivity contribution < 1.29 is 19.0 Å². The first-order valence-electron chi connectivity index (χ1n) is 6.14. The van der Waals surface area contributed by atoms with Crippen LogP contribution in [0.4, 0.5) is 0 Å². The van der Waals surface area contributed by atoms with Crippen LogP contribution in [0.25, 0.3) is 0 Å². The molecule has 1 saturated heterocycles. The zero-order valence-corrected chi connectivity index (χ0v) is 11.8. The van der Waals surface area contributed by atoms with Crippen LogP contribution in [-0.2, 0) is 20.1 Å². The number of alkyl halides is 1. The van der Waals surface area contributed by atoms with Gasteiger partial charge in [-0.3, -0.25) is 0 Å². The molecule has 0 amide bonds. The van der Waals surface area contributed by atoms with Crippen LogP contribution < -0.4 is 0 Å². The molecule has 5 heteroatoms. The van der Waals surface area contributed by atoms with Crippen molar-refractivity contribution in [3.63, 3.8) is 0 Å². The van der Waals surface area contributed by atoms with E-state index in [0.717, 1.165) is 5.56 Å². The van der Waals surface area contributed by atoms with E-state index in [0.29, 0.717) is 18.1 Å². The van der Waals surface area contributed by atoms with Crippen molar-refractivity contribution in [1.29, 1.82) is 0 Å². The van der Waals surface area contributed by atoms with Crippen LogP contribution in [-0.4, -0.2) is 31.1 Å². The molecular weight excluding hydrogens is 268 g/mol. The first kappa shape index (κ1) is 14.3. The number of ether oxygens (including phenoxy) is 3. The van der Waals surface area contributed by atoms with Gasteiger partial charge in [-0.2, -0.15) is 0 Å². The van der Waals surface area contributed by atoms with E-state index in [-0.39, 0.29) is 18.7 Å². The number of carbonyl (C=O) groups is 1. The van der Waals surface area contributed by atoms with Crippen molar-refractivity contribution in [2.45, 2.75) is 31.6 Å². The Kier molecular flexibility index (Phi) is 4.45. The van der Waals surface area contributed by atoms with Gasteiger partial charge in [-0.25, -0.2) is 4.79 Å². The SMILES string of the molecule is CC1(C)OCC(COC(=O)c2ccc(CCl)cc2)O1. The van der Waals surface area contributed by atoms with Gasteiger partial charge in [0, 0.05) is 5.88 Å². The van der Waals surface area contributed by atoms with Crippen molar-refractivity contribution in [2.75, 3.05) is 13.2 Å². The molecule has 2 rings (SSSR count). The minimum absolute atomic E-state index is 0.194. The highest BCUT2D eigenvalue weighted by atomic mass is 35.5. The Morgan fingerprint density at radius 3 is 2.63 bits per heavy atom. The second kappa shape index (κ2) is 5.90. The number of esters is 1. The number of hydrogen-bond acceptors (Lipinski definition) is 4. The van der Waals surface area contributed by atoms with E-state index < -0.39 is 5.79 Å². The van der Waals surface area contributed by atoms with Gasteiger partial charge in [-0.05, 0) is 31.5 Å². The molecule has 1 fully saturated rings. The van der Waals surface area contributed by atoms with E-state index in [1.807, 2.05) is 26.0 Å². The summed E-state index contributed by atoms with van der Waals surface area (Å²) in [5, 5.41) is 0. The lowest BCUT2D eigenvalue weighted by Crippen LogP contribution is -2.25. The second-order valence-corrected chi connectivity index (χ2v) is 5.15. The molecule has 0 spiro atoms. The van der Waals surface area contributed by atoms with Crippen LogP contribution in [0.5, 0.6) is 0 Å². The molecule has 0 aromatic heterocycles. The number of halogens is 1.